The molecule has 8 nitrogen and oxygen atoms in total. The molecule has 8 heteroatoms. The first-order valence-electron chi connectivity index (χ1n) is 10.9. The lowest BCUT2D eigenvalue weighted by molar-refractivity contribution is -0.144. The Morgan fingerprint density at radius 1 is 1.37 bits per heavy atom. The summed E-state index contributed by atoms with van der Waals surface area (Å²) in [4.78, 5) is 40.2. The zero-order valence-electron chi connectivity index (χ0n) is 18.9. The monoisotopic (exact) mass is 417 g/mol. The van der Waals surface area contributed by atoms with E-state index < -0.39 is 18.1 Å². The Morgan fingerprint density at radius 2 is 2.03 bits per heavy atom. The minimum Gasteiger partial charge on any atom is -0.356 e. The van der Waals surface area contributed by atoms with Crippen LogP contribution >= 0.6 is 0 Å². The van der Waals surface area contributed by atoms with E-state index in [0.717, 1.165) is 0 Å². The second-order valence-corrected chi connectivity index (χ2v) is 10.7. The van der Waals surface area contributed by atoms with Crippen molar-refractivity contribution in [3.63, 3.8) is 0 Å². The fourth-order valence-electron chi connectivity index (χ4n) is 5.46. The minimum atomic E-state index is -0.744. The molecule has 0 aromatic carbocycles. The number of fused-ring (bicyclic) bond motifs is 1. The van der Waals surface area contributed by atoms with Gasteiger partial charge < -0.3 is 20.9 Å². The summed E-state index contributed by atoms with van der Waals surface area (Å²) in [7, 11) is 1.77. The predicted molar refractivity (Wildman–Crippen MR) is 112 cm³/mol. The first kappa shape index (κ1) is 22.5. The van der Waals surface area contributed by atoms with Crippen LogP contribution in [0.3, 0.4) is 0 Å². The third kappa shape index (κ3) is 3.92. The van der Waals surface area contributed by atoms with E-state index in [0.29, 0.717) is 25.9 Å². The van der Waals surface area contributed by atoms with Crippen molar-refractivity contribution in [2.45, 2.75) is 65.6 Å². The van der Waals surface area contributed by atoms with E-state index in [9.17, 15) is 19.6 Å². The summed E-state index contributed by atoms with van der Waals surface area (Å²) in [5.74, 6) is -0.292. The molecule has 3 rings (SSSR count). The Morgan fingerprint density at radius 3 is 2.53 bits per heavy atom. The topological polar surface area (TPSA) is 114 Å². The van der Waals surface area contributed by atoms with Gasteiger partial charge in [-0.1, -0.05) is 34.6 Å². The molecule has 2 heterocycles. The van der Waals surface area contributed by atoms with Gasteiger partial charge in [0, 0.05) is 19.0 Å². The lowest BCUT2D eigenvalue weighted by Crippen LogP contribution is -2.58. The van der Waals surface area contributed by atoms with E-state index in [1.54, 1.807) is 11.9 Å². The van der Waals surface area contributed by atoms with Crippen molar-refractivity contribution in [3.05, 3.63) is 0 Å². The lowest BCUT2D eigenvalue weighted by atomic mass is 9.85. The Hall–Kier alpha value is -2.14. The molecule has 2 saturated heterocycles. The molecule has 2 aliphatic heterocycles. The largest absolute Gasteiger partial charge is 0.356 e. The van der Waals surface area contributed by atoms with E-state index in [-0.39, 0.29) is 46.3 Å². The van der Waals surface area contributed by atoms with Crippen LogP contribution < -0.4 is 16.0 Å². The molecule has 0 spiro atoms. The highest BCUT2D eigenvalue weighted by Gasteiger charge is 2.69. The maximum absolute atomic E-state index is 13.4. The molecule has 0 aromatic heterocycles. The molecule has 6 atom stereocenters. The first-order valence-corrected chi connectivity index (χ1v) is 10.9. The molecule has 30 heavy (non-hydrogen) atoms. The third-order valence-electron chi connectivity index (χ3n) is 7.32. The number of carbonyl (C=O) groups is 3. The van der Waals surface area contributed by atoms with Crippen LogP contribution in [0.5, 0.6) is 0 Å². The Kier molecular flexibility index (Phi) is 5.89. The average molecular weight is 418 g/mol. The Bertz CT molecular complexity index is 766. The molecule has 0 unspecified atom stereocenters. The number of carbonyl (C=O) groups excluding carboxylic acids is 3. The number of hydrogen-bond acceptors (Lipinski definition) is 5. The van der Waals surface area contributed by atoms with E-state index in [1.165, 1.54) is 0 Å². The van der Waals surface area contributed by atoms with Crippen molar-refractivity contribution in [3.8, 4) is 6.07 Å². The van der Waals surface area contributed by atoms with Gasteiger partial charge in [-0.05, 0) is 42.6 Å². The van der Waals surface area contributed by atoms with Crippen molar-refractivity contribution in [1.29, 1.82) is 5.26 Å². The summed E-state index contributed by atoms with van der Waals surface area (Å²) in [6.07, 6.45) is 0.974. The summed E-state index contributed by atoms with van der Waals surface area (Å²) in [6, 6.07) is 0.404. The first-order chi connectivity index (χ1) is 13.9. The fourth-order valence-corrected chi connectivity index (χ4v) is 5.46. The Balaban J connectivity index is 1.76. The van der Waals surface area contributed by atoms with Gasteiger partial charge in [0.25, 0.3) is 0 Å². The van der Waals surface area contributed by atoms with Crippen molar-refractivity contribution in [2.75, 3.05) is 20.1 Å². The number of amides is 3. The fraction of sp³-hybridized carbons (Fsp3) is 0.818. The summed E-state index contributed by atoms with van der Waals surface area (Å²) in [5, 5.41) is 18.3. The van der Waals surface area contributed by atoms with Crippen molar-refractivity contribution in [2.24, 2.45) is 28.6 Å². The van der Waals surface area contributed by atoms with E-state index in [1.807, 2.05) is 20.8 Å². The van der Waals surface area contributed by atoms with Crippen molar-refractivity contribution >= 4 is 17.7 Å². The van der Waals surface area contributed by atoms with Crippen LogP contribution in [0.1, 0.15) is 47.5 Å². The molecule has 3 amide bonds. The predicted octanol–water partition coefficient (Wildman–Crippen LogP) is 0.638. The van der Waals surface area contributed by atoms with Crippen molar-refractivity contribution in [1.82, 2.24) is 20.9 Å². The van der Waals surface area contributed by atoms with Crippen LogP contribution in [0.15, 0.2) is 0 Å². The normalized spacial score (nSPS) is 31.4. The smallest absolute Gasteiger partial charge is 0.244 e. The van der Waals surface area contributed by atoms with Gasteiger partial charge in [0.1, 0.15) is 12.1 Å². The van der Waals surface area contributed by atoms with Crippen LogP contribution in [0, 0.1) is 39.9 Å². The van der Waals surface area contributed by atoms with Crippen LogP contribution in [0.4, 0.5) is 0 Å². The van der Waals surface area contributed by atoms with Crippen LogP contribution in [-0.2, 0) is 14.4 Å². The summed E-state index contributed by atoms with van der Waals surface area (Å²) >= 11 is 0. The number of nitrogens with zero attached hydrogens (tertiary/aromatic N) is 2. The van der Waals surface area contributed by atoms with Gasteiger partial charge in [0.05, 0.1) is 12.1 Å². The van der Waals surface area contributed by atoms with E-state index in [4.69, 9.17) is 0 Å². The second-order valence-electron chi connectivity index (χ2n) is 10.7. The molecule has 0 aromatic rings. The quantitative estimate of drug-likeness (QED) is 0.587. The van der Waals surface area contributed by atoms with Gasteiger partial charge >= 0.3 is 0 Å². The molecular formula is C22H35N5O3. The molecule has 0 radical (unpaired) electrons. The molecule has 3 aliphatic rings. The van der Waals surface area contributed by atoms with E-state index in [2.05, 4.69) is 35.9 Å². The van der Waals surface area contributed by atoms with Gasteiger partial charge in [-0.25, -0.2) is 0 Å². The summed E-state index contributed by atoms with van der Waals surface area (Å²) in [6.45, 7) is 11.4. The number of rotatable bonds is 6. The molecule has 1 saturated carbocycles. The van der Waals surface area contributed by atoms with E-state index >= 15 is 0 Å². The highest BCUT2D eigenvalue weighted by molar-refractivity contribution is 5.92. The Labute approximate surface area is 179 Å². The zero-order valence-corrected chi connectivity index (χ0v) is 18.9. The van der Waals surface area contributed by atoms with Crippen LogP contribution in [-0.4, -0.2) is 60.9 Å². The summed E-state index contributed by atoms with van der Waals surface area (Å²) in [5.41, 5.74) is -0.288. The average Bonchev–Trinajstić information content (AvgIpc) is 3.02. The molecule has 0 bridgehead atoms. The van der Waals surface area contributed by atoms with Gasteiger partial charge in [-0.2, -0.15) is 5.26 Å². The number of likely N-dealkylation sites (N-methyl/N-ethyl adjacent to an activating group) is 1. The van der Waals surface area contributed by atoms with Crippen LogP contribution in [0.25, 0.3) is 0 Å². The minimum absolute atomic E-state index is 0.00311. The maximum atomic E-state index is 13.4. The van der Waals surface area contributed by atoms with Gasteiger partial charge in [0.15, 0.2) is 0 Å². The highest BCUT2D eigenvalue weighted by atomic mass is 16.2. The van der Waals surface area contributed by atoms with Gasteiger partial charge in [0.2, 0.25) is 17.7 Å². The number of piperidine rings is 1. The number of nitrogens with one attached hydrogen (secondary N) is 3. The van der Waals surface area contributed by atoms with Crippen LogP contribution in [0.2, 0.25) is 0 Å². The second kappa shape index (κ2) is 7.84. The standard InChI is InChI=1S/C22H35N5O3/c1-21(2,3)17(24-6)20(30)27-11-14-15(22(14,4)5)16(27)19(29)26-13(10-23)9-12-7-8-25-18(12)28/h12-17,24H,7-9,11H2,1-6H3,(H,25,28)(H,26,29)/t12-,13-,14-,15-,16-,17+/m0/s1. The summed E-state index contributed by atoms with van der Waals surface area (Å²) < 4.78 is 0. The maximum Gasteiger partial charge on any atom is 0.244 e. The molecular weight excluding hydrogens is 382 g/mol. The zero-order chi connectivity index (χ0) is 22.4. The number of likely N-dealkylation sites (tertiary alicyclic amines) is 1. The molecule has 3 fully saturated rings. The lowest BCUT2D eigenvalue weighted by Gasteiger charge is -2.37. The van der Waals surface area contributed by atoms with Crippen molar-refractivity contribution < 1.29 is 14.4 Å². The highest BCUT2D eigenvalue weighted by Crippen LogP contribution is 2.65. The molecule has 1 aliphatic carbocycles. The number of hydrogen-bond donors (Lipinski definition) is 3. The van der Waals surface area contributed by atoms with Gasteiger partial charge in [-0.15, -0.1) is 0 Å². The SMILES string of the molecule is CN[C@H](C(=O)N1C[C@H]2[C@@H]([C@H]1C(=O)N[C@H](C#N)C[C@@H]1CCNC1=O)C2(C)C)C(C)(C)C. The molecule has 166 valence electrons. The third-order valence-corrected chi connectivity index (χ3v) is 7.32. The van der Waals surface area contributed by atoms with Gasteiger partial charge in [-0.3, -0.25) is 14.4 Å². The molecule has 3 N–H and O–H groups in total. The number of nitriles is 1.